The molecule has 140 valence electrons. The smallest absolute Gasteiger partial charge is 0.375 e. The minimum atomic E-state index is -1.15. The van der Waals surface area contributed by atoms with E-state index in [9.17, 15) is 4.79 Å². The Labute approximate surface area is 158 Å². The lowest BCUT2D eigenvalue weighted by atomic mass is 9.82. The maximum absolute atomic E-state index is 10.9. The number of carbonyl (C=O) groups is 1. The van der Waals surface area contributed by atoms with Crippen LogP contribution in [-0.2, 0) is 12.0 Å². The third kappa shape index (κ3) is 4.16. The van der Waals surface area contributed by atoms with Crippen molar-refractivity contribution in [1.29, 1.82) is 0 Å². The molecule has 0 radical (unpaired) electrons. The van der Waals surface area contributed by atoms with E-state index in [-0.39, 0.29) is 11.2 Å². The van der Waals surface area contributed by atoms with Gasteiger partial charge in [0.1, 0.15) is 18.7 Å². The number of hydrogen-bond donors (Lipinski definition) is 1. The van der Waals surface area contributed by atoms with Crippen LogP contribution in [0, 0.1) is 6.92 Å². The van der Waals surface area contributed by atoms with Crippen LogP contribution in [-0.4, -0.2) is 25.8 Å². The quantitative estimate of drug-likeness (QED) is 0.735. The van der Waals surface area contributed by atoms with Crippen molar-refractivity contribution in [2.45, 2.75) is 39.7 Å². The summed E-state index contributed by atoms with van der Waals surface area (Å²) in [6.07, 6.45) is 1.38. The second-order valence-electron chi connectivity index (χ2n) is 7.45. The standard InChI is InChI=1S/C21H23N3O3/c1-14-6-5-7-18(21(2,3)4)17(14)12-27-16-10-8-15(9-11-16)24-13-22-19(23-24)20(25)26/h5-11,13H,12H2,1-4H3,(H,25,26). The van der Waals surface area contributed by atoms with Gasteiger partial charge in [-0.1, -0.05) is 39.0 Å². The molecular formula is C21H23N3O3. The number of hydrogen-bond acceptors (Lipinski definition) is 4. The summed E-state index contributed by atoms with van der Waals surface area (Å²) in [6, 6.07) is 13.6. The van der Waals surface area contributed by atoms with Crippen LogP contribution < -0.4 is 4.74 Å². The Morgan fingerprint density at radius 3 is 2.44 bits per heavy atom. The molecule has 0 spiro atoms. The van der Waals surface area contributed by atoms with Gasteiger partial charge in [-0.25, -0.2) is 14.5 Å². The van der Waals surface area contributed by atoms with Crippen LogP contribution >= 0.6 is 0 Å². The molecule has 0 saturated carbocycles. The molecule has 0 atom stereocenters. The zero-order valence-electron chi connectivity index (χ0n) is 15.9. The zero-order chi connectivity index (χ0) is 19.6. The molecule has 0 aliphatic heterocycles. The molecular weight excluding hydrogens is 342 g/mol. The Morgan fingerprint density at radius 1 is 1.15 bits per heavy atom. The number of carboxylic acids is 1. The van der Waals surface area contributed by atoms with E-state index in [1.54, 1.807) is 0 Å². The Hall–Kier alpha value is -3.15. The fourth-order valence-electron chi connectivity index (χ4n) is 2.93. The molecule has 0 aliphatic rings. The summed E-state index contributed by atoms with van der Waals surface area (Å²) in [5, 5.41) is 12.8. The number of aromatic nitrogens is 3. The van der Waals surface area contributed by atoms with E-state index in [1.165, 1.54) is 27.7 Å². The highest BCUT2D eigenvalue weighted by Gasteiger charge is 2.19. The largest absolute Gasteiger partial charge is 0.489 e. The predicted molar refractivity (Wildman–Crippen MR) is 103 cm³/mol. The summed E-state index contributed by atoms with van der Waals surface area (Å²) in [7, 11) is 0. The van der Waals surface area contributed by atoms with Crippen molar-refractivity contribution in [2.24, 2.45) is 0 Å². The van der Waals surface area contributed by atoms with E-state index in [4.69, 9.17) is 9.84 Å². The summed E-state index contributed by atoms with van der Waals surface area (Å²) in [6.45, 7) is 9.18. The first kappa shape index (κ1) is 18.6. The van der Waals surface area contributed by atoms with E-state index < -0.39 is 5.97 Å². The topological polar surface area (TPSA) is 77.2 Å². The van der Waals surface area contributed by atoms with Gasteiger partial charge in [0.2, 0.25) is 0 Å². The molecule has 3 rings (SSSR count). The summed E-state index contributed by atoms with van der Waals surface area (Å²) in [5.74, 6) is -0.647. The van der Waals surface area contributed by atoms with Gasteiger partial charge < -0.3 is 9.84 Å². The lowest BCUT2D eigenvalue weighted by Gasteiger charge is -2.24. The minimum Gasteiger partial charge on any atom is -0.489 e. The zero-order valence-corrected chi connectivity index (χ0v) is 15.9. The first-order valence-electron chi connectivity index (χ1n) is 8.73. The van der Waals surface area contributed by atoms with Gasteiger partial charge in [0.25, 0.3) is 5.82 Å². The molecule has 0 fully saturated rings. The number of benzene rings is 2. The van der Waals surface area contributed by atoms with Crippen LogP contribution in [0.1, 0.15) is 48.1 Å². The molecule has 0 aliphatic carbocycles. The van der Waals surface area contributed by atoms with Crippen molar-refractivity contribution in [2.75, 3.05) is 0 Å². The number of nitrogens with zero attached hydrogens (tertiary/aromatic N) is 3. The molecule has 0 unspecified atom stereocenters. The second kappa shape index (κ2) is 7.23. The van der Waals surface area contributed by atoms with Gasteiger partial charge in [0.15, 0.2) is 0 Å². The van der Waals surface area contributed by atoms with Crippen LogP contribution in [0.25, 0.3) is 5.69 Å². The molecule has 0 amide bonds. The maximum atomic E-state index is 10.9. The molecule has 27 heavy (non-hydrogen) atoms. The fraction of sp³-hybridized carbons (Fsp3) is 0.286. The van der Waals surface area contributed by atoms with E-state index in [0.717, 1.165) is 5.75 Å². The van der Waals surface area contributed by atoms with E-state index in [1.807, 2.05) is 24.3 Å². The third-order valence-corrected chi connectivity index (χ3v) is 4.39. The van der Waals surface area contributed by atoms with Crippen molar-refractivity contribution < 1.29 is 14.6 Å². The molecule has 1 aromatic heterocycles. The fourth-order valence-corrected chi connectivity index (χ4v) is 2.93. The van der Waals surface area contributed by atoms with Crippen molar-refractivity contribution in [3.05, 3.63) is 71.3 Å². The molecule has 1 heterocycles. The van der Waals surface area contributed by atoms with Gasteiger partial charge in [-0.2, -0.15) is 0 Å². The molecule has 0 bridgehead atoms. The van der Waals surface area contributed by atoms with Crippen molar-refractivity contribution in [1.82, 2.24) is 14.8 Å². The van der Waals surface area contributed by atoms with E-state index in [0.29, 0.717) is 12.3 Å². The first-order chi connectivity index (χ1) is 12.8. The lowest BCUT2D eigenvalue weighted by molar-refractivity contribution is 0.0683. The van der Waals surface area contributed by atoms with Gasteiger partial charge in [-0.05, 0) is 53.3 Å². The van der Waals surface area contributed by atoms with Gasteiger partial charge in [-0.3, -0.25) is 0 Å². The van der Waals surface area contributed by atoms with Crippen molar-refractivity contribution >= 4 is 5.97 Å². The summed E-state index contributed by atoms with van der Waals surface area (Å²) >= 11 is 0. The average molecular weight is 365 g/mol. The number of aromatic carboxylic acids is 1. The Morgan fingerprint density at radius 2 is 1.85 bits per heavy atom. The Balaban J connectivity index is 1.75. The van der Waals surface area contributed by atoms with Gasteiger partial charge >= 0.3 is 5.97 Å². The molecule has 6 nitrogen and oxygen atoms in total. The number of ether oxygens (including phenoxy) is 1. The van der Waals surface area contributed by atoms with Crippen LogP contribution in [0.3, 0.4) is 0 Å². The van der Waals surface area contributed by atoms with Crippen molar-refractivity contribution in [3.63, 3.8) is 0 Å². The molecule has 1 N–H and O–H groups in total. The Bertz CT molecular complexity index is 954. The van der Waals surface area contributed by atoms with Crippen LogP contribution in [0.2, 0.25) is 0 Å². The Kier molecular flexibility index (Phi) is 4.99. The number of rotatable bonds is 5. The maximum Gasteiger partial charge on any atom is 0.375 e. The highest BCUT2D eigenvalue weighted by atomic mass is 16.5. The number of aryl methyl sites for hydroxylation is 1. The van der Waals surface area contributed by atoms with E-state index >= 15 is 0 Å². The van der Waals surface area contributed by atoms with Gasteiger partial charge in [0, 0.05) is 0 Å². The highest BCUT2D eigenvalue weighted by molar-refractivity contribution is 5.82. The molecule has 0 saturated heterocycles. The van der Waals surface area contributed by atoms with Crippen LogP contribution in [0.4, 0.5) is 0 Å². The molecule has 3 aromatic rings. The minimum absolute atomic E-state index is 0.0451. The SMILES string of the molecule is Cc1cccc(C(C)(C)C)c1COc1ccc(-n2cnc(C(=O)O)n2)cc1. The molecule has 2 aromatic carbocycles. The van der Waals surface area contributed by atoms with Gasteiger partial charge in [-0.15, -0.1) is 5.10 Å². The second-order valence-corrected chi connectivity index (χ2v) is 7.45. The number of carboxylic acid groups (broad SMARTS) is 1. The first-order valence-corrected chi connectivity index (χ1v) is 8.73. The predicted octanol–water partition coefficient (Wildman–Crippen LogP) is 4.15. The monoisotopic (exact) mass is 365 g/mol. The van der Waals surface area contributed by atoms with Crippen molar-refractivity contribution in [3.8, 4) is 11.4 Å². The van der Waals surface area contributed by atoms with E-state index in [2.05, 4.69) is 56.0 Å². The highest BCUT2D eigenvalue weighted by Crippen LogP contribution is 2.29. The average Bonchev–Trinajstić information content (AvgIpc) is 3.10. The summed E-state index contributed by atoms with van der Waals surface area (Å²) < 4.78 is 7.43. The summed E-state index contributed by atoms with van der Waals surface area (Å²) in [5.41, 5.74) is 4.46. The van der Waals surface area contributed by atoms with Crippen LogP contribution in [0.5, 0.6) is 5.75 Å². The van der Waals surface area contributed by atoms with Gasteiger partial charge in [0.05, 0.1) is 5.69 Å². The normalized spacial score (nSPS) is 11.4. The third-order valence-electron chi connectivity index (χ3n) is 4.39. The van der Waals surface area contributed by atoms with Crippen LogP contribution in [0.15, 0.2) is 48.8 Å². The summed E-state index contributed by atoms with van der Waals surface area (Å²) in [4.78, 5) is 14.6. The molecule has 6 heteroatoms. The lowest BCUT2D eigenvalue weighted by Crippen LogP contribution is -2.16.